The van der Waals surface area contributed by atoms with Crippen molar-refractivity contribution in [1.82, 2.24) is 15.5 Å². The Labute approximate surface area is 94.0 Å². The topological polar surface area (TPSA) is 81.7 Å². The lowest BCUT2D eigenvalue weighted by atomic mass is 10.2. The van der Waals surface area contributed by atoms with Crippen molar-refractivity contribution in [3.63, 3.8) is 0 Å². The van der Waals surface area contributed by atoms with Crippen LogP contribution in [0, 0.1) is 0 Å². The second-order valence-corrected chi connectivity index (χ2v) is 4.37. The summed E-state index contributed by atoms with van der Waals surface area (Å²) in [6.07, 6.45) is 1.71. The van der Waals surface area contributed by atoms with Crippen molar-refractivity contribution in [3.8, 4) is 0 Å². The molecule has 2 rings (SSSR count). The molecule has 2 amide bonds. The van der Waals surface area contributed by atoms with Gasteiger partial charge in [-0.05, 0) is 25.8 Å². The normalized spacial score (nSPS) is 29.4. The first-order chi connectivity index (χ1) is 7.66. The fraction of sp³-hybridized carbons (Fsp3) is 0.800. The molecule has 2 aliphatic heterocycles. The van der Waals surface area contributed by atoms with Gasteiger partial charge in [0.25, 0.3) is 0 Å². The largest absolute Gasteiger partial charge is 0.465 e. The summed E-state index contributed by atoms with van der Waals surface area (Å²) in [6, 6.07) is -0.107. The fourth-order valence-electron chi connectivity index (χ4n) is 2.26. The van der Waals surface area contributed by atoms with E-state index in [0.29, 0.717) is 19.5 Å². The first-order valence-electron chi connectivity index (χ1n) is 5.68. The molecular formula is C10H17N3O3. The summed E-state index contributed by atoms with van der Waals surface area (Å²) in [7, 11) is 0. The van der Waals surface area contributed by atoms with Crippen LogP contribution in [0.4, 0.5) is 4.79 Å². The van der Waals surface area contributed by atoms with Crippen LogP contribution in [0.2, 0.25) is 0 Å². The predicted octanol–water partition coefficient (Wildman–Crippen LogP) is -0.393. The Bertz CT molecular complexity index is 289. The minimum atomic E-state index is -0.907. The van der Waals surface area contributed by atoms with Gasteiger partial charge in [-0.2, -0.15) is 0 Å². The second-order valence-electron chi connectivity index (χ2n) is 4.37. The lowest BCUT2D eigenvalue weighted by molar-refractivity contribution is -0.123. The zero-order chi connectivity index (χ0) is 11.5. The van der Waals surface area contributed by atoms with Crippen LogP contribution in [-0.4, -0.2) is 53.7 Å². The lowest BCUT2D eigenvalue weighted by Crippen LogP contribution is -2.46. The molecule has 0 radical (unpaired) electrons. The molecule has 2 aliphatic rings. The molecule has 16 heavy (non-hydrogen) atoms. The smallest absolute Gasteiger partial charge is 0.407 e. The molecule has 3 N–H and O–H groups in total. The van der Waals surface area contributed by atoms with E-state index < -0.39 is 6.09 Å². The molecule has 0 aromatic heterocycles. The van der Waals surface area contributed by atoms with E-state index in [9.17, 15) is 9.59 Å². The highest BCUT2D eigenvalue weighted by Crippen LogP contribution is 2.11. The highest BCUT2D eigenvalue weighted by atomic mass is 16.4. The van der Waals surface area contributed by atoms with Gasteiger partial charge in [0.2, 0.25) is 5.91 Å². The van der Waals surface area contributed by atoms with Gasteiger partial charge in [-0.15, -0.1) is 0 Å². The van der Waals surface area contributed by atoms with Crippen molar-refractivity contribution in [2.45, 2.75) is 31.3 Å². The summed E-state index contributed by atoms with van der Waals surface area (Å²) >= 11 is 0. The lowest BCUT2D eigenvalue weighted by Gasteiger charge is -2.16. The van der Waals surface area contributed by atoms with Gasteiger partial charge in [0, 0.05) is 19.1 Å². The van der Waals surface area contributed by atoms with Crippen LogP contribution in [0.25, 0.3) is 0 Å². The minimum Gasteiger partial charge on any atom is -0.465 e. The summed E-state index contributed by atoms with van der Waals surface area (Å²) < 4.78 is 0. The maximum Gasteiger partial charge on any atom is 0.407 e. The third-order valence-corrected chi connectivity index (χ3v) is 3.18. The summed E-state index contributed by atoms with van der Waals surface area (Å²) in [5, 5.41) is 14.8. The average Bonchev–Trinajstić information content (AvgIpc) is 2.87. The summed E-state index contributed by atoms with van der Waals surface area (Å²) in [6.45, 7) is 1.82. The zero-order valence-corrected chi connectivity index (χ0v) is 9.11. The molecule has 90 valence electrons. The highest BCUT2D eigenvalue weighted by Gasteiger charge is 2.29. The second kappa shape index (κ2) is 4.69. The third kappa shape index (κ3) is 2.44. The molecule has 6 heteroatoms. The molecule has 0 aliphatic carbocycles. The SMILES string of the molecule is O=C(N[C@H]1CCN(C(=O)O)C1)[C@@H]1CCCN1. The number of hydrogen-bond acceptors (Lipinski definition) is 3. The van der Waals surface area contributed by atoms with E-state index in [1.165, 1.54) is 4.90 Å². The van der Waals surface area contributed by atoms with E-state index in [-0.39, 0.29) is 18.0 Å². The minimum absolute atomic E-state index is 0.00902. The molecule has 0 aromatic rings. The van der Waals surface area contributed by atoms with Crippen molar-refractivity contribution in [1.29, 1.82) is 0 Å². The number of likely N-dealkylation sites (tertiary alicyclic amines) is 1. The third-order valence-electron chi connectivity index (χ3n) is 3.18. The summed E-state index contributed by atoms with van der Waals surface area (Å²) in [5.41, 5.74) is 0. The van der Waals surface area contributed by atoms with Gasteiger partial charge in [-0.3, -0.25) is 4.79 Å². The standard InChI is InChI=1S/C10H17N3O3/c14-9(8-2-1-4-11-8)12-7-3-5-13(6-7)10(15)16/h7-8,11H,1-6H2,(H,12,14)(H,15,16)/t7-,8-/m0/s1. The van der Waals surface area contributed by atoms with Crippen molar-refractivity contribution in [2.75, 3.05) is 19.6 Å². The van der Waals surface area contributed by atoms with E-state index in [0.717, 1.165) is 19.4 Å². The van der Waals surface area contributed by atoms with E-state index in [4.69, 9.17) is 5.11 Å². The van der Waals surface area contributed by atoms with Gasteiger partial charge in [-0.25, -0.2) is 4.79 Å². The van der Waals surface area contributed by atoms with Gasteiger partial charge in [0.1, 0.15) is 0 Å². The number of carboxylic acid groups (broad SMARTS) is 1. The van der Waals surface area contributed by atoms with Crippen LogP contribution in [0.5, 0.6) is 0 Å². The van der Waals surface area contributed by atoms with E-state index in [1.54, 1.807) is 0 Å². The van der Waals surface area contributed by atoms with Gasteiger partial charge >= 0.3 is 6.09 Å². The van der Waals surface area contributed by atoms with Crippen molar-refractivity contribution in [3.05, 3.63) is 0 Å². The number of carbonyl (C=O) groups is 2. The molecule has 2 atom stereocenters. The zero-order valence-electron chi connectivity index (χ0n) is 9.11. The first kappa shape index (κ1) is 11.2. The number of hydrogen-bond donors (Lipinski definition) is 3. The van der Waals surface area contributed by atoms with Crippen LogP contribution in [0.15, 0.2) is 0 Å². The average molecular weight is 227 g/mol. The van der Waals surface area contributed by atoms with Crippen LogP contribution < -0.4 is 10.6 Å². The Kier molecular flexibility index (Phi) is 3.28. The number of nitrogens with zero attached hydrogens (tertiary/aromatic N) is 1. The summed E-state index contributed by atoms with van der Waals surface area (Å²) in [5.74, 6) is 0.00902. The fourth-order valence-corrected chi connectivity index (χ4v) is 2.26. The molecule has 2 saturated heterocycles. The number of nitrogens with one attached hydrogen (secondary N) is 2. The maximum atomic E-state index is 11.7. The Morgan fingerprint density at radius 3 is 2.75 bits per heavy atom. The first-order valence-corrected chi connectivity index (χ1v) is 5.68. The Morgan fingerprint density at radius 2 is 2.19 bits per heavy atom. The van der Waals surface area contributed by atoms with Crippen molar-refractivity contribution >= 4 is 12.0 Å². The van der Waals surface area contributed by atoms with Crippen LogP contribution in [0.1, 0.15) is 19.3 Å². The number of amides is 2. The van der Waals surface area contributed by atoms with Gasteiger partial charge in [0.05, 0.1) is 6.04 Å². The predicted molar refractivity (Wildman–Crippen MR) is 57.2 cm³/mol. The van der Waals surface area contributed by atoms with E-state index in [2.05, 4.69) is 10.6 Å². The quantitative estimate of drug-likeness (QED) is 0.600. The van der Waals surface area contributed by atoms with Crippen LogP contribution >= 0.6 is 0 Å². The summed E-state index contributed by atoms with van der Waals surface area (Å²) in [4.78, 5) is 23.8. The molecule has 6 nitrogen and oxygen atoms in total. The Hall–Kier alpha value is -1.30. The van der Waals surface area contributed by atoms with Gasteiger partial charge < -0.3 is 20.6 Å². The van der Waals surface area contributed by atoms with Crippen molar-refractivity contribution < 1.29 is 14.7 Å². The highest BCUT2D eigenvalue weighted by molar-refractivity contribution is 5.82. The molecule has 2 heterocycles. The van der Waals surface area contributed by atoms with E-state index in [1.807, 2.05) is 0 Å². The molecule has 0 aromatic carbocycles. The Balaban J connectivity index is 1.78. The maximum absolute atomic E-state index is 11.7. The molecule has 0 spiro atoms. The van der Waals surface area contributed by atoms with Gasteiger partial charge in [-0.1, -0.05) is 0 Å². The number of rotatable bonds is 2. The van der Waals surface area contributed by atoms with Crippen molar-refractivity contribution in [2.24, 2.45) is 0 Å². The van der Waals surface area contributed by atoms with E-state index >= 15 is 0 Å². The van der Waals surface area contributed by atoms with Crippen LogP contribution in [-0.2, 0) is 4.79 Å². The molecule has 0 saturated carbocycles. The number of carbonyl (C=O) groups excluding carboxylic acids is 1. The monoisotopic (exact) mass is 227 g/mol. The molecule has 0 bridgehead atoms. The molecular weight excluding hydrogens is 210 g/mol. The van der Waals surface area contributed by atoms with Crippen LogP contribution in [0.3, 0.4) is 0 Å². The Morgan fingerprint density at radius 1 is 1.38 bits per heavy atom. The molecule has 0 unspecified atom stereocenters. The van der Waals surface area contributed by atoms with Gasteiger partial charge in [0.15, 0.2) is 0 Å². The molecule has 2 fully saturated rings.